The molecule has 2 rings (SSSR count). The van der Waals surface area contributed by atoms with E-state index in [1.165, 1.54) is 25.3 Å². The highest BCUT2D eigenvalue weighted by Gasteiger charge is 2.24. The molecule has 1 fully saturated rings. The molecule has 0 heterocycles. The molecule has 3 nitrogen and oxygen atoms in total. The molecule has 116 valence electrons. The number of thioether (sulfide) groups is 1. The van der Waals surface area contributed by atoms with Crippen LogP contribution in [0.25, 0.3) is 0 Å². The molecule has 0 saturated heterocycles. The van der Waals surface area contributed by atoms with E-state index in [0.29, 0.717) is 17.1 Å². The van der Waals surface area contributed by atoms with E-state index >= 15 is 0 Å². The van der Waals surface area contributed by atoms with Gasteiger partial charge in [-0.1, -0.05) is 6.07 Å². The Morgan fingerprint density at radius 3 is 2.90 bits per heavy atom. The zero-order chi connectivity index (χ0) is 15.2. The molecule has 0 aromatic heterocycles. The van der Waals surface area contributed by atoms with Gasteiger partial charge in [0.15, 0.2) is 5.96 Å². The Balaban J connectivity index is 1.84. The Morgan fingerprint density at radius 1 is 1.48 bits per heavy atom. The van der Waals surface area contributed by atoms with Gasteiger partial charge in [0.2, 0.25) is 0 Å². The van der Waals surface area contributed by atoms with Crippen molar-refractivity contribution < 1.29 is 4.39 Å². The predicted molar refractivity (Wildman–Crippen MR) is 92.4 cm³/mol. The standard InChI is InChI=1S/C15H21BrFN3S/c1-18-15(20-11-4-5-12(8-11)21-2)19-9-10-3-6-13(16)14(17)7-10/h3,6-7,11-12H,4-5,8-9H2,1-2H3,(H2,18,19,20). The lowest BCUT2D eigenvalue weighted by atomic mass is 10.2. The van der Waals surface area contributed by atoms with Crippen molar-refractivity contribution in [3.63, 3.8) is 0 Å². The van der Waals surface area contributed by atoms with E-state index in [9.17, 15) is 4.39 Å². The molecule has 1 aliphatic carbocycles. The number of guanidine groups is 1. The van der Waals surface area contributed by atoms with Crippen molar-refractivity contribution in [1.29, 1.82) is 0 Å². The van der Waals surface area contributed by atoms with Gasteiger partial charge in [0.05, 0.1) is 4.47 Å². The van der Waals surface area contributed by atoms with Gasteiger partial charge in [-0.25, -0.2) is 4.39 Å². The van der Waals surface area contributed by atoms with Gasteiger partial charge in [-0.3, -0.25) is 4.99 Å². The van der Waals surface area contributed by atoms with Gasteiger partial charge in [-0.05, 0) is 59.1 Å². The first-order valence-electron chi connectivity index (χ1n) is 7.06. The maximum atomic E-state index is 13.5. The van der Waals surface area contributed by atoms with Gasteiger partial charge >= 0.3 is 0 Å². The molecule has 1 aliphatic rings. The quantitative estimate of drug-likeness (QED) is 0.625. The van der Waals surface area contributed by atoms with Crippen LogP contribution in [0.2, 0.25) is 0 Å². The van der Waals surface area contributed by atoms with E-state index in [2.05, 4.69) is 37.8 Å². The highest BCUT2D eigenvalue weighted by Crippen LogP contribution is 2.28. The summed E-state index contributed by atoms with van der Waals surface area (Å²) in [6, 6.07) is 5.63. The fraction of sp³-hybridized carbons (Fsp3) is 0.533. The number of hydrogen-bond donors (Lipinski definition) is 2. The third-order valence-corrected chi connectivity index (χ3v) is 5.46. The minimum Gasteiger partial charge on any atom is -0.354 e. The average Bonchev–Trinajstić information content (AvgIpc) is 2.94. The lowest BCUT2D eigenvalue weighted by molar-refractivity contribution is 0.609. The smallest absolute Gasteiger partial charge is 0.191 e. The topological polar surface area (TPSA) is 36.4 Å². The number of nitrogens with zero attached hydrogens (tertiary/aromatic N) is 1. The fourth-order valence-corrected chi connectivity index (χ4v) is 3.55. The largest absolute Gasteiger partial charge is 0.354 e. The summed E-state index contributed by atoms with van der Waals surface area (Å²) in [5.74, 6) is 0.543. The van der Waals surface area contributed by atoms with Gasteiger partial charge in [0.1, 0.15) is 5.82 Å². The van der Waals surface area contributed by atoms with E-state index < -0.39 is 0 Å². The first-order chi connectivity index (χ1) is 10.1. The van der Waals surface area contributed by atoms with Crippen LogP contribution in [0, 0.1) is 5.82 Å². The van der Waals surface area contributed by atoms with Crippen LogP contribution >= 0.6 is 27.7 Å². The number of benzene rings is 1. The molecular weight excluding hydrogens is 353 g/mol. The molecule has 0 aliphatic heterocycles. The summed E-state index contributed by atoms with van der Waals surface area (Å²) < 4.78 is 14.0. The molecule has 2 atom stereocenters. The maximum absolute atomic E-state index is 13.5. The third kappa shape index (κ3) is 4.88. The predicted octanol–water partition coefficient (Wildman–Crippen LogP) is 3.54. The van der Waals surface area contributed by atoms with E-state index in [1.807, 2.05) is 17.8 Å². The van der Waals surface area contributed by atoms with E-state index in [1.54, 1.807) is 13.1 Å². The Labute approximate surface area is 138 Å². The van der Waals surface area contributed by atoms with Gasteiger partial charge in [0, 0.05) is 24.9 Å². The molecular formula is C15H21BrFN3S. The van der Waals surface area contributed by atoms with E-state index in [-0.39, 0.29) is 5.82 Å². The van der Waals surface area contributed by atoms with Crippen LogP contribution in [0.1, 0.15) is 24.8 Å². The summed E-state index contributed by atoms with van der Waals surface area (Å²) in [7, 11) is 1.76. The van der Waals surface area contributed by atoms with Crippen LogP contribution in [0.3, 0.4) is 0 Å². The number of halogens is 2. The van der Waals surface area contributed by atoms with Crippen molar-refractivity contribution in [2.24, 2.45) is 4.99 Å². The highest BCUT2D eigenvalue weighted by atomic mass is 79.9. The lowest BCUT2D eigenvalue weighted by Gasteiger charge is -2.17. The minimum atomic E-state index is -0.240. The zero-order valence-corrected chi connectivity index (χ0v) is 14.7. The molecule has 0 bridgehead atoms. The summed E-state index contributed by atoms with van der Waals surface area (Å²) in [6.45, 7) is 0.558. The van der Waals surface area contributed by atoms with Crippen LogP contribution in [0.15, 0.2) is 27.7 Å². The molecule has 1 saturated carbocycles. The Hall–Kier alpha value is -0.750. The van der Waals surface area contributed by atoms with Gasteiger partial charge in [0.25, 0.3) is 0 Å². The van der Waals surface area contributed by atoms with Gasteiger partial charge in [-0.2, -0.15) is 11.8 Å². The van der Waals surface area contributed by atoms with Crippen molar-refractivity contribution >= 4 is 33.7 Å². The summed E-state index contributed by atoms with van der Waals surface area (Å²) >= 11 is 5.10. The molecule has 6 heteroatoms. The molecule has 1 aromatic carbocycles. The SMILES string of the molecule is CN=C(NCc1ccc(Br)c(F)c1)NC1CCC(SC)C1. The van der Waals surface area contributed by atoms with E-state index in [0.717, 1.165) is 16.8 Å². The first kappa shape index (κ1) is 16.6. The Morgan fingerprint density at radius 2 is 2.29 bits per heavy atom. The second-order valence-electron chi connectivity index (χ2n) is 5.19. The van der Waals surface area contributed by atoms with Crippen LogP contribution in [-0.4, -0.2) is 30.6 Å². The first-order valence-corrected chi connectivity index (χ1v) is 9.14. The van der Waals surface area contributed by atoms with Gasteiger partial charge in [-0.15, -0.1) is 0 Å². The number of rotatable bonds is 4. The normalized spacial score (nSPS) is 22.4. The average molecular weight is 374 g/mol. The van der Waals surface area contributed by atoms with Crippen LogP contribution in [0.5, 0.6) is 0 Å². The monoisotopic (exact) mass is 373 g/mol. The number of hydrogen-bond acceptors (Lipinski definition) is 2. The second-order valence-corrected chi connectivity index (χ2v) is 7.18. The Bertz CT molecular complexity index is 510. The molecule has 21 heavy (non-hydrogen) atoms. The summed E-state index contributed by atoms with van der Waals surface area (Å²) in [4.78, 5) is 4.24. The summed E-state index contributed by atoms with van der Waals surface area (Å²) in [6.07, 6.45) is 5.78. The van der Waals surface area contributed by atoms with Crippen molar-refractivity contribution in [3.05, 3.63) is 34.1 Å². The lowest BCUT2D eigenvalue weighted by Crippen LogP contribution is -2.42. The highest BCUT2D eigenvalue weighted by molar-refractivity contribution is 9.10. The summed E-state index contributed by atoms with van der Waals surface area (Å²) in [5, 5.41) is 7.44. The Kier molecular flexibility index (Phi) is 6.36. The van der Waals surface area contributed by atoms with Crippen molar-refractivity contribution in [2.75, 3.05) is 13.3 Å². The zero-order valence-electron chi connectivity index (χ0n) is 12.3. The number of nitrogens with one attached hydrogen (secondary N) is 2. The fourth-order valence-electron chi connectivity index (χ4n) is 2.51. The molecule has 0 spiro atoms. The number of aliphatic imine (C=N–C) groups is 1. The second kappa shape index (κ2) is 8.03. The molecule has 2 N–H and O–H groups in total. The summed E-state index contributed by atoms with van der Waals surface area (Å²) in [5.41, 5.74) is 0.895. The van der Waals surface area contributed by atoms with Crippen LogP contribution in [-0.2, 0) is 6.54 Å². The minimum absolute atomic E-state index is 0.240. The molecule has 2 unspecified atom stereocenters. The third-order valence-electron chi connectivity index (χ3n) is 3.73. The van der Waals surface area contributed by atoms with Crippen LogP contribution in [0.4, 0.5) is 4.39 Å². The van der Waals surface area contributed by atoms with Crippen molar-refractivity contribution in [1.82, 2.24) is 10.6 Å². The molecule has 1 aromatic rings. The van der Waals surface area contributed by atoms with E-state index in [4.69, 9.17) is 0 Å². The van der Waals surface area contributed by atoms with Crippen molar-refractivity contribution in [3.8, 4) is 0 Å². The molecule has 0 amide bonds. The van der Waals surface area contributed by atoms with Crippen LogP contribution < -0.4 is 10.6 Å². The van der Waals surface area contributed by atoms with Gasteiger partial charge < -0.3 is 10.6 Å². The van der Waals surface area contributed by atoms with Crippen molar-refractivity contribution in [2.45, 2.75) is 37.1 Å². The maximum Gasteiger partial charge on any atom is 0.191 e. The molecule has 0 radical (unpaired) electrons.